The fourth-order valence-electron chi connectivity index (χ4n) is 3.57. The number of nitrogens with one attached hydrogen (secondary N) is 1. The number of aromatic nitrogens is 4. The van der Waals surface area contributed by atoms with E-state index >= 15 is 0 Å². The first kappa shape index (κ1) is 21.2. The fourth-order valence-corrected chi connectivity index (χ4v) is 3.57. The molecule has 0 aliphatic carbocycles. The van der Waals surface area contributed by atoms with Crippen LogP contribution in [-0.4, -0.2) is 52.8 Å². The summed E-state index contributed by atoms with van der Waals surface area (Å²) in [5.41, 5.74) is 0.983. The highest BCUT2D eigenvalue weighted by Gasteiger charge is 2.36. The Bertz CT molecular complexity index is 1180. The molecule has 1 saturated heterocycles. The number of methoxy groups -OCH3 is 2. The van der Waals surface area contributed by atoms with E-state index in [0.29, 0.717) is 28.7 Å². The Morgan fingerprint density at radius 2 is 2.00 bits per heavy atom. The van der Waals surface area contributed by atoms with Crippen LogP contribution in [0.5, 0.6) is 11.5 Å². The summed E-state index contributed by atoms with van der Waals surface area (Å²) in [7, 11) is 3.02. The van der Waals surface area contributed by atoms with E-state index < -0.39 is 17.6 Å². The largest absolute Gasteiger partial charge is 0.497 e. The molecule has 1 unspecified atom stereocenters. The Kier molecular flexibility index (Phi) is 5.71. The highest BCUT2D eigenvalue weighted by Crippen LogP contribution is 2.36. The van der Waals surface area contributed by atoms with Crippen molar-refractivity contribution in [2.45, 2.75) is 13.3 Å². The van der Waals surface area contributed by atoms with Gasteiger partial charge in [-0.1, -0.05) is 0 Å². The number of aryl methyl sites for hydroxylation is 1. The first-order valence-electron chi connectivity index (χ1n) is 9.79. The fraction of sp³-hybridized carbons (Fsp3) is 0.286. The number of hydrogen-bond donors (Lipinski definition) is 1. The Morgan fingerprint density at radius 1 is 1.19 bits per heavy atom. The summed E-state index contributed by atoms with van der Waals surface area (Å²) in [5, 5.41) is 13.8. The first-order chi connectivity index (χ1) is 15.4. The third-order valence-electron chi connectivity index (χ3n) is 5.25. The van der Waals surface area contributed by atoms with Crippen molar-refractivity contribution in [1.29, 1.82) is 0 Å². The van der Waals surface area contributed by atoms with Crippen molar-refractivity contribution < 1.29 is 23.5 Å². The number of rotatable bonds is 6. The number of carbonyl (C=O) groups excluding carboxylic acids is 2. The molecule has 1 fully saturated rings. The van der Waals surface area contributed by atoms with Gasteiger partial charge >= 0.3 is 0 Å². The lowest BCUT2D eigenvalue weighted by atomic mass is 10.1. The average Bonchev–Trinajstić information content (AvgIpc) is 3.40. The van der Waals surface area contributed by atoms with Crippen LogP contribution in [-0.2, 0) is 9.59 Å². The summed E-state index contributed by atoms with van der Waals surface area (Å²) in [6.07, 6.45) is -0.0143. The minimum Gasteiger partial charge on any atom is -0.497 e. The molecule has 3 aromatic rings. The maximum Gasteiger partial charge on any atom is 0.229 e. The number of hydrogen-bond acceptors (Lipinski definition) is 7. The van der Waals surface area contributed by atoms with Crippen LogP contribution >= 0.6 is 0 Å². The molecule has 0 spiro atoms. The maximum atomic E-state index is 14.4. The minimum absolute atomic E-state index is 0.0143. The number of benzene rings is 2. The van der Waals surface area contributed by atoms with Crippen molar-refractivity contribution >= 4 is 23.2 Å². The van der Waals surface area contributed by atoms with E-state index in [2.05, 4.69) is 20.8 Å². The van der Waals surface area contributed by atoms with Gasteiger partial charge in [-0.25, -0.2) is 4.39 Å². The lowest BCUT2D eigenvalue weighted by molar-refractivity contribution is -0.122. The van der Waals surface area contributed by atoms with Gasteiger partial charge in [0.15, 0.2) is 5.82 Å². The standard InChI is InChI=1S/C21H21FN6O4/c1-12-24-25-26-28(12)14-4-6-16(22)17(9-14)23-21(30)13-8-20(29)27(11-13)18-10-15(31-2)5-7-19(18)32-3/h4-7,9-10,13H,8,11H2,1-3H3,(H,23,30). The number of nitrogens with zero attached hydrogens (tertiary/aromatic N) is 5. The highest BCUT2D eigenvalue weighted by atomic mass is 19.1. The third-order valence-corrected chi connectivity index (χ3v) is 5.25. The number of anilines is 2. The molecule has 1 atom stereocenters. The molecule has 4 rings (SSSR count). The molecular formula is C21H21FN6O4. The van der Waals surface area contributed by atoms with Gasteiger partial charge < -0.3 is 19.7 Å². The summed E-state index contributed by atoms with van der Waals surface area (Å²) < 4.78 is 26.4. The molecule has 1 aliphatic heterocycles. The average molecular weight is 440 g/mol. The van der Waals surface area contributed by atoms with Crippen molar-refractivity contribution in [2.24, 2.45) is 5.92 Å². The summed E-state index contributed by atoms with van der Waals surface area (Å²) in [4.78, 5) is 27.0. The first-order valence-corrected chi connectivity index (χ1v) is 9.79. The van der Waals surface area contributed by atoms with Crippen molar-refractivity contribution in [3.63, 3.8) is 0 Å². The maximum absolute atomic E-state index is 14.4. The van der Waals surface area contributed by atoms with Crippen LogP contribution in [0.2, 0.25) is 0 Å². The molecule has 11 heteroatoms. The predicted molar refractivity (Wildman–Crippen MR) is 112 cm³/mol. The van der Waals surface area contributed by atoms with E-state index in [1.54, 1.807) is 25.1 Å². The van der Waals surface area contributed by atoms with Gasteiger partial charge in [0, 0.05) is 19.0 Å². The quantitative estimate of drug-likeness (QED) is 0.625. The van der Waals surface area contributed by atoms with Crippen LogP contribution in [0.4, 0.5) is 15.8 Å². The highest BCUT2D eigenvalue weighted by molar-refractivity contribution is 6.04. The zero-order chi connectivity index (χ0) is 22.8. The van der Waals surface area contributed by atoms with E-state index in [1.165, 1.54) is 42.0 Å². The van der Waals surface area contributed by atoms with Crippen molar-refractivity contribution in [2.75, 3.05) is 31.0 Å². The lowest BCUT2D eigenvalue weighted by Gasteiger charge is -2.20. The summed E-state index contributed by atoms with van der Waals surface area (Å²) in [6, 6.07) is 9.25. The van der Waals surface area contributed by atoms with E-state index in [0.717, 1.165) is 0 Å². The van der Waals surface area contributed by atoms with Crippen LogP contribution in [0.3, 0.4) is 0 Å². The molecule has 2 amide bonds. The third kappa shape index (κ3) is 3.96. The molecule has 0 saturated carbocycles. The molecule has 0 radical (unpaired) electrons. The van der Waals surface area contributed by atoms with Crippen molar-refractivity contribution in [3.05, 3.63) is 48.0 Å². The number of halogens is 1. The molecule has 1 aromatic heterocycles. The Morgan fingerprint density at radius 3 is 2.69 bits per heavy atom. The van der Waals surface area contributed by atoms with Gasteiger partial charge in [-0.2, -0.15) is 4.68 Å². The van der Waals surface area contributed by atoms with E-state index in [4.69, 9.17) is 9.47 Å². The van der Waals surface area contributed by atoms with Gasteiger partial charge in [0.25, 0.3) is 0 Å². The smallest absolute Gasteiger partial charge is 0.229 e. The van der Waals surface area contributed by atoms with Gasteiger partial charge in [-0.05, 0) is 47.7 Å². The minimum atomic E-state index is -0.670. The molecule has 0 bridgehead atoms. The van der Waals surface area contributed by atoms with Gasteiger partial charge in [0.1, 0.15) is 17.3 Å². The van der Waals surface area contributed by atoms with Gasteiger partial charge in [-0.3, -0.25) is 9.59 Å². The topological polar surface area (TPSA) is 111 Å². The Balaban J connectivity index is 1.54. The summed E-state index contributed by atoms with van der Waals surface area (Å²) in [6.45, 7) is 1.83. The lowest BCUT2D eigenvalue weighted by Crippen LogP contribution is -2.28. The van der Waals surface area contributed by atoms with Crippen LogP contribution < -0.4 is 19.7 Å². The molecule has 1 N–H and O–H groups in total. The normalized spacial score (nSPS) is 15.7. The van der Waals surface area contributed by atoms with E-state index in [9.17, 15) is 14.0 Å². The number of amides is 2. The zero-order valence-electron chi connectivity index (χ0n) is 17.7. The van der Waals surface area contributed by atoms with Crippen LogP contribution in [0.15, 0.2) is 36.4 Å². The van der Waals surface area contributed by atoms with Gasteiger partial charge in [0.2, 0.25) is 11.8 Å². The van der Waals surface area contributed by atoms with Crippen LogP contribution in [0.25, 0.3) is 5.69 Å². The van der Waals surface area contributed by atoms with E-state index in [-0.39, 0.29) is 24.6 Å². The van der Waals surface area contributed by atoms with Gasteiger partial charge in [0.05, 0.1) is 37.2 Å². The molecule has 166 valence electrons. The second-order valence-corrected chi connectivity index (χ2v) is 7.23. The monoisotopic (exact) mass is 440 g/mol. The van der Waals surface area contributed by atoms with Crippen LogP contribution in [0.1, 0.15) is 12.2 Å². The molecule has 32 heavy (non-hydrogen) atoms. The molecule has 10 nitrogen and oxygen atoms in total. The Labute approximate surface area is 182 Å². The van der Waals surface area contributed by atoms with E-state index in [1.807, 2.05) is 0 Å². The van der Waals surface area contributed by atoms with Crippen molar-refractivity contribution in [3.8, 4) is 17.2 Å². The second-order valence-electron chi connectivity index (χ2n) is 7.23. The van der Waals surface area contributed by atoms with Crippen molar-refractivity contribution in [1.82, 2.24) is 20.2 Å². The molecule has 1 aliphatic rings. The molecular weight excluding hydrogens is 419 g/mol. The Hall–Kier alpha value is -4.02. The summed E-state index contributed by atoms with van der Waals surface area (Å²) in [5.74, 6) is -0.436. The molecule has 2 heterocycles. The number of carbonyl (C=O) groups is 2. The van der Waals surface area contributed by atoms with Crippen LogP contribution in [0, 0.1) is 18.7 Å². The number of ether oxygens (including phenoxy) is 2. The number of tetrazole rings is 1. The summed E-state index contributed by atoms with van der Waals surface area (Å²) >= 11 is 0. The SMILES string of the molecule is COc1ccc(OC)c(N2CC(C(=O)Nc3cc(-n4nnnc4C)ccc3F)CC2=O)c1. The predicted octanol–water partition coefficient (Wildman–Crippen LogP) is 2.12. The van der Waals surface area contributed by atoms with Gasteiger partial charge in [-0.15, -0.1) is 5.10 Å². The second kappa shape index (κ2) is 8.61. The zero-order valence-corrected chi connectivity index (χ0v) is 17.7. The molecule has 2 aromatic carbocycles.